The molecule has 0 bridgehead atoms. The molecule has 1 atom stereocenters. The van der Waals surface area contributed by atoms with E-state index in [4.69, 9.17) is 11.6 Å². The maximum absolute atomic E-state index is 12.3. The summed E-state index contributed by atoms with van der Waals surface area (Å²) in [5.41, 5.74) is 0.788. The lowest BCUT2D eigenvalue weighted by Crippen LogP contribution is -2.38. The summed E-state index contributed by atoms with van der Waals surface area (Å²) in [6.07, 6.45) is -6.04. The van der Waals surface area contributed by atoms with E-state index >= 15 is 0 Å². The first-order valence-corrected chi connectivity index (χ1v) is 4.24. The van der Waals surface area contributed by atoms with Crippen LogP contribution in [-0.4, -0.2) is 12.3 Å². The molecule has 0 amide bonds. The van der Waals surface area contributed by atoms with Crippen LogP contribution >= 0.6 is 11.6 Å². The molecule has 1 aromatic rings. The first kappa shape index (κ1) is 9.45. The highest BCUT2D eigenvalue weighted by molar-refractivity contribution is 6.31. The van der Waals surface area contributed by atoms with Crippen LogP contribution in [0.5, 0.6) is 0 Å². The van der Waals surface area contributed by atoms with E-state index in [1.165, 1.54) is 18.2 Å². The number of rotatable bonds is 0. The van der Waals surface area contributed by atoms with Crippen molar-refractivity contribution in [2.24, 2.45) is 0 Å². The van der Waals surface area contributed by atoms with Gasteiger partial charge in [-0.3, -0.25) is 0 Å². The second kappa shape index (κ2) is 2.95. The Morgan fingerprint density at radius 3 is 2.43 bits per heavy atom. The molecule has 1 aliphatic rings. The number of hydrogen-bond donors (Lipinski definition) is 2. The highest BCUT2D eigenvalue weighted by atomic mass is 35.5. The van der Waals surface area contributed by atoms with Crippen molar-refractivity contribution in [2.75, 3.05) is 10.6 Å². The van der Waals surface area contributed by atoms with E-state index in [1.807, 2.05) is 0 Å². The average Bonchev–Trinajstić information content (AvgIpc) is 2.45. The minimum atomic E-state index is -4.31. The van der Waals surface area contributed by atoms with Crippen LogP contribution in [0.2, 0.25) is 5.02 Å². The fourth-order valence-electron chi connectivity index (χ4n) is 1.27. The van der Waals surface area contributed by atoms with Gasteiger partial charge in [-0.15, -0.1) is 0 Å². The van der Waals surface area contributed by atoms with Gasteiger partial charge in [-0.1, -0.05) is 11.6 Å². The fraction of sp³-hybridized carbons (Fsp3) is 0.250. The molecule has 1 unspecified atom stereocenters. The number of benzene rings is 1. The standard InChI is InChI=1S/C8H6ClF3N2/c9-4-1-2-5-6(3-4)14-7(13-5)8(10,11)12/h1-3,7,13-14H. The van der Waals surface area contributed by atoms with E-state index in [0.29, 0.717) is 16.4 Å². The number of halogens is 4. The normalized spacial score (nSPS) is 19.9. The van der Waals surface area contributed by atoms with E-state index in [1.54, 1.807) is 0 Å². The van der Waals surface area contributed by atoms with Gasteiger partial charge >= 0.3 is 6.18 Å². The molecular formula is C8H6ClF3N2. The smallest absolute Gasteiger partial charge is 0.356 e. The number of fused-ring (bicyclic) bond motifs is 1. The molecule has 6 heteroatoms. The predicted molar refractivity (Wildman–Crippen MR) is 48.5 cm³/mol. The minimum Gasteiger partial charge on any atom is -0.356 e. The Labute approximate surface area is 83.1 Å². The van der Waals surface area contributed by atoms with Crippen LogP contribution in [0.4, 0.5) is 24.5 Å². The van der Waals surface area contributed by atoms with Gasteiger partial charge in [0, 0.05) is 5.02 Å². The molecule has 0 aliphatic carbocycles. The maximum Gasteiger partial charge on any atom is 0.427 e. The van der Waals surface area contributed by atoms with Crippen molar-refractivity contribution >= 4 is 23.0 Å². The minimum absolute atomic E-state index is 0.375. The van der Waals surface area contributed by atoms with Gasteiger partial charge in [-0.05, 0) is 18.2 Å². The van der Waals surface area contributed by atoms with Crippen molar-refractivity contribution in [3.05, 3.63) is 23.2 Å². The Balaban J connectivity index is 2.26. The van der Waals surface area contributed by atoms with Gasteiger partial charge in [0.25, 0.3) is 0 Å². The molecule has 76 valence electrons. The first-order chi connectivity index (χ1) is 6.47. The van der Waals surface area contributed by atoms with Gasteiger partial charge in [-0.2, -0.15) is 13.2 Å². The average molecular weight is 223 g/mol. The van der Waals surface area contributed by atoms with Gasteiger partial charge in [0.15, 0.2) is 6.17 Å². The van der Waals surface area contributed by atoms with Crippen LogP contribution in [0, 0.1) is 0 Å². The molecule has 0 radical (unpaired) electrons. The third-order valence-electron chi connectivity index (χ3n) is 1.91. The summed E-state index contributed by atoms with van der Waals surface area (Å²) >= 11 is 5.64. The highest BCUT2D eigenvalue weighted by Gasteiger charge is 2.43. The molecule has 2 nitrogen and oxygen atoms in total. The highest BCUT2D eigenvalue weighted by Crippen LogP contribution is 2.36. The largest absolute Gasteiger partial charge is 0.427 e. The van der Waals surface area contributed by atoms with Crippen LogP contribution in [0.25, 0.3) is 0 Å². The zero-order valence-corrected chi connectivity index (χ0v) is 7.58. The molecule has 2 N–H and O–H groups in total. The molecule has 1 aromatic carbocycles. The first-order valence-electron chi connectivity index (χ1n) is 3.86. The molecule has 0 saturated heterocycles. The molecule has 0 fully saturated rings. The summed E-state index contributed by atoms with van der Waals surface area (Å²) in [4.78, 5) is 0. The zero-order valence-electron chi connectivity index (χ0n) is 6.82. The van der Waals surface area contributed by atoms with Crippen molar-refractivity contribution in [1.29, 1.82) is 0 Å². The summed E-state index contributed by atoms with van der Waals surface area (Å²) in [6.45, 7) is 0. The van der Waals surface area contributed by atoms with Crippen LogP contribution in [0.1, 0.15) is 0 Å². The van der Waals surface area contributed by atoms with Crippen LogP contribution in [-0.2, 0) is 0 Å². The van der Waals surface area contributed by atoms with Gasteiger partial charge in [0.1, 0.15) is 0 Å². The van der Waals surface area contributed by atoms with Gasteiger partial charge in [-0.25, -0.2) is 0 Å². The Morgan fingerprint density at radius 2 is 1.79 bits per heavy atom. The zero-order chi connectivity index (χ0) is 10.3. The lowest BCUT2D eigenvalue weighted by Gasteiger charge is -2.15. The fourth-order valence-corrected chi connectivity index (χ4v) is 1.44. The molecule has 0 saturated carbocycles. The summed E-state index contributed by atoms with van der Waals surface area (Å²) in [5.74, 6) is 0. The summed E-state index contributed by atoms with van der Waals surface area (Å²) in [5, 5.41) is 5.01. The van der Waals surface area contributed by atoms with E-state index in [-0.39, 0.29) is 0 Å². The molecule has 2 rings (SSSR count). The summed E-state index contributed by atoms with van der Waals surface area (Å²) in [7, 11) is 0. The lowest BCUT2D eigenvalue weighted by atomic mass is 10.3. The van der Waals surface area contributed by atoms with E-state index in [2.05, 4.69) is 10.6 Å². The van der Waals surface area contributed by atoms with Crippen molar-refractivity contribution in [3.8, 4) is 0 Å². The van der Waals surface area contributed by atoms with E-state index in [9.17, 15) is 13.2 Å². The van der Waals surface area contributed by atoms with Crippen molar-refractivity contribution in [2.45, 2.75) is 12.3 Å². The molecule has 0 aromatic heterocycles. The van der Waals surface area contributed by atoms with Gasteiger partial charge in [0.05, 0.1) is 11.4 Å². The Bertz CT molecular complexity index is 364. The Hall–Kier alpha value is -1.10. The van der Waals surface area contributed by atoms with Crippen LogP contribution in [0.15, 0.2) is 18.2 Å². The lowest BCUT2D eigenvalue weighted by molar-refractivity contribution is -0.135. The number of hydrogen-bond acceptors (Lipinski definition) is 2. The molecule has 1 heterocycles. The predicted octanol–water partition coefficient (Wildman–Crippen LogP) is 3.07. The summed E-state index contributed by atoms with van der Waals surface area (Å²) < 4.78 is 36.8. The van der Waals surface area contributed by atoms with Crippen LogP contribution in [0.3, 0.4) is 0 Å². The van der Waals surface area contributed by atoms with E-state index in [0.717, 1.165) is 0 Å². The quantitative estimate of drug-likeness (QED) is 0.705. The van der Waals surface area contributed by atoms with Crippen molar-refractivity contribution < 1.29 is 13.2 Å². The monoisotopic (exact) mass is 222 g/mol. The SMILES string of the molecule is FC(F)(F)C1Nc2ccc(Cl)cc2N1. The van der Waals surface area contributed by atoms with Crippen LogP contribution < -0.4 is 10.6 Å². The molecule has 0 spiro atoms. The topological polar surface area (TPSA) is 24.1 Å². The molecular weight excluding hydrogens is 217 g/mol. The van der Waals surface area contributed by atoms with Gasteiger partial charge in [0.2, 0.25) is 0 Å². The third-order valence-corrected chi connectivity index (χ3v) is 2.14. The third kappa shape index (κ3) is 1.59. The maximum atomic E-state index is 12.3. The number of nitrogens with one attached hydrogen (secondary N) is 2. The number of anilines is 2. The Kier molecular flexibility index (Phi) is 1.99. The molecule has 14 heavy (non-hydrogen) atoms. The summed E-state index contributed by atoms with van der Waals surface area (Å²) in [6, 6.07) is 4.50. The molecule has 1 aliphatic heterocycles. The van der Waals surface area contributed by atoms with E-state index < -0.39 is 12.3 Å². The van der Waals surface area contributed by atoms with Crippen molar-refractivity contribution in [3.63, 3.8) is 0 Å². The van der Waals surface area contributed by atoms with Crippen molar-refractivity contribution in [1.82, 2.24) is 0 Å². The number of alkyl halides is 3. The second-order valence-corrected chi connectivity index (χ2v) is 3.39. The second-order valence-electron chi connectivity index (χ2n) is 2.95. The Morgan fingerprint density at radius 1 is 1.14 bits per heavy atom. The van der Waals surface area contributed by atoms with Gasteiger partial charge < -0.3 is 10.6 Å².